The number of rotatable bonds is 22. The van der Waals surface area contributed by atoms with Crippen LogP contribution in [0.3, 0.4) is 0 Å². The Hall–Kier alpha value is -7.62. The maximum absolute atomic E-state index is 14.4. The summed E-state index contributed by atoms with van der Waals surface area (Å²) in [4.78, 5) is 56.2. The zero-order valence-corrected chi connectivity index (χ0v) is 43.2. The van der Waals surface area contributed by atoms with Crippen molar-refractivity contribution in [1.82, 2.24) is 10.6 Å². The fraction of sp³-hybridized carbons (Fsp3) is 0.292. The summed E-state index contributed by atoms with van der Waals surface area (Å²) < 4.78 is 18.3. The Kier molecular flexibility index (Phi) is 17.4. The molecule has 1 aliphatic rings. The number of Topliss-reactive ketones (excluding diaryl/α,β-unsaturated/α-hetero) is 1. The molecule has 0 bridgehead atoms. The molecule has 9 heteroatoms. The van der Waals surface area contributed by atoms with Gasteiger partial charge >= 0.3 is 18.0 Å². The molecule has 2 atom stereocenters. The van der Waals surface area contributed by atoms with E-state index in [-0.39, 0.29) is 44.0 Å². The van der Waals surface area contributed by atoms with E-state index in [0.29, 0.717) is 19.3 Å². The largest absolute Gasteiger partial charge is 0.459 e. The van der Waals surface area contributed by atoms with Gasteiger partial charge in [-0.25, -0.2) is 9.59 Å². The topological polar surface area (TPSA) is 120 Å². The summed E-state index contributed by atoms with van der Waals surface area (Å²) in [5.74, 6) is -1.17. The number of aryl methyl sites for hydroxylation is 2. The van der Waals surface area contributed by atoms with Crippen molar-refractivity contribution in [3.05, 3.63) is 238 Å². The molecule has 0 saturated carbocycles. The predicted molar refractivity (Wildman–Crippen MR) is 292 cm³/mol. The van der Waals surface area contributed by atoms with Crippen LogP contribution in [0.2, 0.25) is 0 Å². The predicted octanol–water partition coefficient (Wildman–Crippen LogP) is 13.4. The van der Waals surface area contributed by atoms with Gasteiger partial charge in [-0.2, -0.15) is 0 Å². The highest BCUT2D eigenvalue weighted by Gasteiger charge is 2.41. The van der Waals surface area contributed by atoms with Gasteiger partial charge in [0.25, 0.3) is 0 Å². The number of carbonyl (C=O) groups is 4. The number of ether oxygens (including phenoxy) is 3. The van der Waals surface area contributed by atoms with E-state index in [0.717, 1.165) is 61.2 Å². The van der Waals surface area contributed by atoms with Crippen molar-refractivity contribution in [2.75, 3.05) is 6.61 Å². The van der Waals surface area contributed by atoms with Gasteiger partial charge in [-0.3, -0.25) is 14.9 Å². The van der Waals surface area contributed by atoms with Crippen LogP contribution in [0.25, 0.3) is 11.1 Å². The molecule has 2 N–H and O–H groups in total. The Morgan fingerprint density at radius 3 is 1.47 bits per heavy atom. The molecule has 7 aromatic rings. The first-order valence-electron chi connectivity index (χ1n) is 25.9. The van der Waals surface area contributed by atoms with E-state index in [9.17, 15) is 19.2 Å². The fourth-order valence-electron chi connectivity index (χ4n) is 10.0. The van der Waals surface area contributed by atoms with Crippen LogP contribution in [0, 0.1) is 13.8 Å². The average Bonchev–Trinajstić information content (AvgIpc) is 3.74. The van der Waals surface area contributed by atoms with E-state index in [1.807, 2.05) is 198 Å². The molecule has 0 radical (unpaired) electrons. The Morgan fingerprint density at radius 1 is 0.514 bits per heavy atom. The van der Waals surface area contributed by atoms with Gasteiger partial charge < -0.3 is 19.5 Å². The lowest BCUT2D eigenvalue weighted by Gasteiger charge is -2.40. The zero-order valence-electron chi connectivity index (χ0n) is 43.2. The maximum atomic E-state index is 14.4. The van der Waals surface area contributed by atoms with Crippen molar-refractivity contribution >= 4 is 23.8 Å². The standard InChI is InChI=1S/C65H68N2O7/c1-45-34-38-47(39-35-45)60(48-40-36-46(2)37-41-48)73-61(69)58(66-63(71)72-44-57-55-31-20-18-29-53(55)54-30-19-21-32-56(54)57)33-17-9-16-28-52(68)42-43-59(62(70)74-64(3,4)5)67-65(49-22-10-6-11-23-49,50-24-12-7-13-25-50)51-26-14-8-15-27-51/h6-8,10-15,18-27,29-32,34-41,57-60,67H,9,16-17,28,33,42-44H2,1-5H3,(H,66,71). The number of benzene rings is 7. The summed E-state index contributed by atoms with van der Waals surface area (Å²) >= 11 is 0. The van der Waals surface area contributed by atoms with Gasteiger partial charge in [0, 0.05) is 18.8 Å². The lowest BCUT2D eigenvalue weighted by atomic mass is 9.76. The molecule has 2 unspecified atom stereocenters. The minimum Gasteiger partial charge on any atom is -0.459 e. The second kappa shape index (κ2) is 24.4. The smallest absolute Gasteiger partial charge is 0.407 e. The lowest BCUT2D eigenvalue weighted by molar-refractivity contribution is -0.158. The van der Waals surface area contributed by atoms with Crippen LogP contribution in [0.15, 0.2) is 188 Å². The highest BCUT2D eigenvalue weighted by atomic mass is 16.6. The summed E-state index contributed by atoms with van der Waals surface area (Å²) in [6.45, 7) is 9.63. The van der Waals surface area contributed by atoms with E-state index in [1.54, 1.807) is 0 Å². The SMILES string of the molecule is Cc1ccc(C(OC(=O)C(CCCCCC(=O)CCC(NC(c2ccccc2)(c2ccccc2)c2ccccc2)C(=O)OC(C)(C)C)NC(=O)OCC2c3ccccc3-c3ccccc32)c2ccc(C)cc2)cc1. The molecule has 74 heavy (non-hydrogen) atoms. The molecule has 0 spiro atoms. The van der Waals surface area contributed by atoms with Crippen LogP contribution in [-0.4, -0.2) is 48.1 Å². The minimum atomic E-state index is -1.03. The molecule has 1 aliphatic carbocycles. The monoisotopic (exact) mass is 989 g/mol. The van der Waals surface area contributed by atoms with Crippen molar-refractivity contribution < 1.29 is 33.4 Å². The number of ketones is 1. The molecular weight excluding hydrogens is 921 g/mol. The second-order valence-electron chi connectivity index (χ2n) is 20.4. The van der Waals surface area contributed by atoms with Gasteiger partial charge in [-0.15, -0.1) is 0 Å². The third kappa shape index (κ3) is 13.1. The maximum Gasteiger partial charge on any atom is 0.407 e. The Balaban J connectivity index is 0.949. The third-order valence-electron chi connectivity index (χ3n) is 13.8. The van der Waals surface area contributed by atoms with Crippen LogP contribution in [-0.2, 0) is 34.1 Å². The summed E-state index contributed by atoms with van der Waals surface area (Å²) in [7, 11) is 0. The number of carbonyl (C=O) groups excluding carboxylic acids is 4. The molecular formula is C65H68N2O7. The number of fused-ring (bicyclic) bond motifs is 3. The molecule has 380 valence electrons. The zero-order chi connectivity index (χ0) is 52.1. The second-order valence-corrected chi connectivity index (χ2v) is 20.4. The molecule has 7 aromatic carbocycles. The molecule has 0 aromatic heterocycles. The van der Waals surface area contributed by atoms with Crippen molar-refractivity contribution in [3.63, 3.8) is 0 Å². The number of hydrogen-bond acceptors (Lipinski definition) is 8. The molecule has 0 fully saturated rings. The van der Waals surface area contributed by atoms with Crippen molar-refractivity contribution in [2.45, 2.75) is 115 Å². The lowest BCUT2D eigenvalue weighted by Crippen LogP contribution is -2.53. The van der Waals surface area contributed by atoms with Gasteiger partial charge in [0.1, 0.15) is 30.1 Å². The van der Waals surface area contributed by atoms with Gasteiger partial charge in [-0.05, 0) is 104 Å². The van der Waals surface area contributed by atoms with E-state index in [1.165, 1.54) is 0 Å². The van der Waals surface area contributed by atoms with Gasteiger partial charge in [0.15, 0.2) is 6.10 Å². The normalized spacial score (nSPS) is 13.1. The van der Waals surface area contributed by atoms with Gasteiger partial charge in [0.2, 0.25) is 0 Å². The first-order chi connectivity index (χ1) is 35.8. The molecule has 9 nitrogen and oxygen atoms in total. The van der Waals surface area contributed by atoms with Crippen molar-refractivity contribution in [1.29, 1.82) is 0 Å². The van der Waals surface area contributed by atoms with Crippen molar-refractivity contribution in [3.8, 4) is 11.1 Å². The number of alkyl carbamates (subject to hydrolysis) is 1. The summed E-state index contributed by atoms with van der Waals surface area (Å²) in [5.41, 5.74) is 9.26. The quantitative estimate of drug-likeness (QED) is 0.0298. The third-order valence-corrected chi connectivity index (χ3v) is 13.8. The molecule has 1 amide bonds. The molecule has 0 saturated heterocycles. The Labute approximate surface area is 436 Å². The van der Waals surface area contributed by atoms with E-state index in [2.05, 4.69) is 34.9 Å². The number of amides is 1. The van der Waals surface area contributed by atoms with Crippen molar-refractivity contribution in [2.24, 2.45) is 0 Å². The minimum absolute atomic E-state index is 0.0110. The van der Waals surface area contributed by atoms with E-state index < -0.39 is 47.4 Å². The number of nitrogens with one attached hydrogen (secondary N) is 2. The van der Waals surface area contributed by atoms with Gasteiger partial charge in [-0.1, -0.05) is 212 Å². The van der Waals surface area contributed by atoms with Crippen LogP contribution < -0.4 is 10.6 Å². The molecule has 8 rings (SSSR count). The summed E-state index contributed by atoms with van der Waals surface area (Å²) in [6, 6.07) is 60.3. The Bertz CT molecular complexity index is 2780. The summed E-state index contributed by atoms with van der Waals surface area (Å²) in [5, 5.41) is 6.64. The molecule has 0 aliphatic heterocycles. The number of esters is 2. The van der Waals surface area contributed by atoms with Crippen LogP contribution >= 0.6 is 0 Å². The fourth-order valence-corrected chi connectivity index (χ4v) is 10.0. The van der Waals surface area contributed by atoms with Crippen LogP contribution in [0.5, 0.6) is 0 Å². The average molecular weight is 989 g/mol. The number of hydrogen-bond donors (Lipinski definition) is 2. The van der Waals surface area contributed by atoms with E-state index in [4.69, 9.17) is 14.2 Å². The highest BCUT2D eigenvalue weighted by molar-refractivity contribution is 5.83. The Morgan fingerprint density at radius 2 is 0.986 bits per heavy atom. The van der Waals surface area contributed by atoms with E-state index >= 15 is 0 Å². The first kappa shape index (κ1) is 52.7. The van der Waals surface area contributed by atoms with Gasteiger partial charge in [0.05, 0.1) is 5.54 Å². The highest BCUT2D eigenvalue weighted by Crippen LogP contribution is 2.45. The van der Waals surface area contributed by atoms with Crippen LogP contribution in [0.4, 0.5) is 4.79 Å². The summed E-state index contributed by atoms with van der Waals surface area (Å²) in [6.07, 6.45) is 1.14. The van der Waals surface area contributed by atoms with Crippen LogP contribution in [0.1, 0.15) is 128 Å². The first-order valence-corrected chi connectivity index (χ1v) is 25.9. The molecule has 0 heterocycles. The number of unbranched alkanes of at least 4 members (excludes halogenated alkanes) is 2.